The number of ketones is 3. The molecule has 0 aromatic heterocycles. The van der Waals surface area contributed by atoms with E-state index in [0.717, 1.165) is 6.42 Å². The summed E-state index contributed by atoms with van der Waals surface area (Å²) < 4.78 is 10.4. The van der Waals surface area contributed by atoms with Gasteiger partial charge in [-0.1, -0.05) is 0 Å². The summed E-state index contributed by atoms with van der Waals surface area (Å²) in [4.78, 5) is 46.6. The lowest BCUT2D eigenvalue weighted by atomic mass is 10.3. The second kappa shape index (κ2) is 27.6. The highest BCUT2D eigenvalue weighted by molar-refractivity contribution is 6.67. The molecule has 0 saturated heterocycles. The van der Waals surface area contributed by atoms with Crippen molar-refractivity contribution in [3.63, 3.8) is 0 Å². The van der Waals surface area contributed by atoms with E-state index in [-0.39, 0.29) is 25.9 Å². The molecule has 0 aromatic carbocycles. The molecule has 0 heterocycles. The number of halogens is 2. The van der Waals surface area contributed by atoms with E-state index in [0.29, 0.717) is 19.8 Å². The third-order valence-corrected chi connectivity index (χ3v) is 2.19. The lowest BCUT2D eigenvalue weighted by Gasteiger charge is -2.15. The molecule has 1 saturated carbocycles. The first-order valence-electron chi connectivity index (χ1n) is 7.21. The number of carbonyl (C=O) groups excluding carboxylic acids is 5. The van der Waals surface area contributed by atoms with E-state index < -0.39 is 17.3 Å². The molecule has 1 aliphatic carbocycles. The predicted molar refractivity (Wildman–Crippen MR) is 96.9 cm³/mol. The zero-order chi connectivity index (χ0) is 20.7. The minimum atomic E-state index is -0.815. The van der Waals surface area contributed by atoms with Gasteiger partial charge in [0.15, 0.2) is 6.29 Å². The molecule has 0 atom stereocenters. The molecule has 0 bridgehead atoms. The summed E-state index contributed by atoms with van der Waals surface area (Å²) >= 11 is 9.53. The fourth-order valence-corrected chi connectivity index (χ4v) is 1.33. The standard InChI is InChI=1S/C7H17NO2.C5H4O3.CH2Cl2.2CH2O/c1-3-9-7(5-6-8)10-4-2;6-3-1-2-4(7)5(3)8;2-1-3;2*1-2/h7H,3-6,8H2,1-2H3;1-2H2;1H2;2*1H2/p+1. The van der Waals surface area contributed by atoms with Crippen molar-refractivity contribution < 1.29 is 34.9 Å². The highest BCUT2D eigenvalue weighted by Crippen LogP contribution is 2.04. The molecule has 8 nitrogen and oxygen atoms in total. The maximum Gasteiger partial charge on any atom is 1.00 e. The van der Waals surface area contributed by atoms with Crippen LogP contribution in [-0.4, -0.2) is 62.3 Å². The average Bonchev–Trinajstić information content (AvgIpc) is 2.92. The maximum atomic E-state index is 10.2. The monoisotopic (exact) mass is 404 g/mol. The van der Waals surface area contributed by atoms with E-state index in [1.165, 1.54) is 0 Å². The van der Waals surface area contributed by atoms with Gasteiger partial charge in [0.25, 0.3) is 5.78 Å². The van der Waals surface area contributed by atoms with Crippen molar-refractivity contribution in [3.05, 3.63) is 0 Å². The Labute approximate surface area is 159 Å². The minimum absolute atomic E-state index is 0. The van der Waals surface area contributed by atoms with Gasteiger partial charge < -0.3 is 24.8 Å². The smallest absolute Gasteiger partial charge is 0.353 e. The van der Waals surface area contributed by atoms with Crippen molar-refractivity contribution in [1.82, 2.24) is 0 Å². The Morgan fingerprint density at radius 1 is 1.00 bits per heavy atom. The highest BCUT2D eigenvalue weighted by atomic mass is 35.5. The fourth-order valence-electron chi connectivity index (χ4n) is 1.33. The Morgan fingerprint density at radius 3 is 1.48 bits per heavy atom. The summed E-state index contributed by atoms with van der Waals surface area (Å²) in [6, 6.07) is 0. The number of rotatable bonds is 6. The predicted octanol–water partition coefficient (Wildman–Crippen LogP) is 1.39. The van der Waals surface area contributed by atoms with Gasteiger partial charge in [0.1, 0.15) is 13.6 Å². The van der Waals surface area contributed by atoms with E-state index >= 15 is 0 Å². The van der Waals surface area contributed by atoms with Crippen LogP contribution < -0.4 is 5.73 Å². The van der Waals surface area contributed by atoms with Crippen LogP contribution in [0.5, 0.6) is 0 Å². The first-order chi connectivity index (χ1) is 12.0. The number of alkyl halides is 2. The van der Waals surface area contributed by atoms with Crippen molar-refractivity contribution >= 4 is 54.1 Å². The summed E-state index contributed by atoms with van der Waals surface area (Å²) in [6.07, 6.45) is 0.928. The molecule has 1 rings (SSSR count). The molecule has 0 aliphatic heterocycles. The molecule has 25 heavy (non-hydrogen) atoms. The largest absolute Gasteiger partial charge is 1.00 e. The first kappa shape index (κ1) is 31.6. The normalized spacial score (nSPS) is 11.8. The molecular weight excluding hydrogens is 377 g/mol. The molecule has 10 heteroatoms. The summed E-state index contributed by atoms with van der Waals surface area (Å²) in [5.74, 6) is -1.88. The van der Waals surface area contributed by atoms with Crippen LogP contribution in [0.2, 0.25) is 0 Å². The van der Waals surface area contributed by atoms with Gasteiger partial charge in [-0.05, 0) is 20.4 Å². The van der Waals surface area contributed by atoms with Crippen molar-refractivity contribution in [1.29, 1.82) is 0 Å². The third-order valence-electron chi connectivity index (χ3n) is 2.19. The SMILES string of the molecule is C=O.C=O.CCOC(CCN)OCC.ClCCl.O=C1CCC(=O)C1=O.[H+]. The first-order valence-corrected chi connectivity index (χ1v) is 8.28. The van der Waals surface area contributed by atoms with Gasteiger partial charge in [0.05, 0.1) is 5.34 Å². The molecule has 0 amide bonds. The second-order valence-electron chi connectivity index (χ2n) is 3.69. The summed E-state index contributed by atoms with van der Waals surface area (Å²) in [5.41, 5.74) is 5.33. The van der Waals surface area contributed by atoms with Gasteiger partial charge in [-0.25, -0.2) is 0 Å². The molecule has 0 radical (unpaired) electrons. The van der Waals surface area contributed by atoms with E-state index in [2.05, 4.69) is 0 Å². The van der Waals surface area contributed by atoms with Crippen LogP contribution in [0.3, 0.4) is 0 Å². The fraction of sp³-hybridized carbons (Fsp3) is 0.667. The summed E-state index contributed by atoms with van der Waals surface area (Å²) in [5, 5.41) is 0.194. The number of nitrogens with two attached hydrogens (primary N) is 1. The molecule has 0 spiro atoms. The number of hydrogen-bond donors (Lipinski definition) is 1. The number of hydrogen-bond acceptors (Lipinski definition) is 8. The van der Waals surface area contributed by atoms with Gasteiger partial charge in [-0.2, -0.15) is 0 Å². The second-order valence-corrected chi connectivity index (χ2v) is 4.50. The number of Topliss-reactive ketones (excluding diaryl/α,β-unsaturated/α-hetero) is 3. The lowest BCUT2D eigenvalue weighted by Crippen LogP contribution is -2.21. The van der Waals surface area contributed by atoms with Crippen molar-refractivity contribution in [2.75, 3.05) is 25.1 Å². The molecule has 1 fully saturated rings. The third kappa shape index (κ3) is 22.8. The Morgan fingerprint density at radius 2 is 1.32 bits per heavy atom. The topological polar surface area (TPSA) is 130 Å². The molecule has 0 aromatic rings. The summed E-state index contributed by atoms with van der Waals surface area (Å²) in [6.45, 7) is 9.88. The van der Waals surface area contributed by atoms with Crippen LogP contribution in [0.25, 0.3) is 0 Å². The van der Waals surface area contributed by atoms with Gasteiger partial charge in [-0.15, -0.1) is 23.2 Å². The average molecular weight is 405 g/mol. The van der Waals surface area contributed by atoms with Crippen LogP contribution in [0, 0.1) is 0 Å². The van der Waals surface area contributed by atoms with Gasteiger partial charge >= 0.3 is 1.43 Å². The molecule has 0 unspecified atom stereocenters. The Bertz CT molecular complexity index is 316. The van der Waals surface area contributed by atoms with Gasteiger partial charge in [-0.3, -0.25) is 14.4 Å². The van der Waals surface area contributed by atoms with Crippen molar-refractivity contribution in [2.45, 2.75) is 39.4 Å². The van der Waals surface area contributed by atoms with Crippen LogP contribution in [0.1, 0.15) is 34.5 Å². The van der Waals surface area contributed by atoms with Gasteiger partial charge in [0.2, 0.25) is 11.6 Å². The zero-order valence-electron chi connectivity index (χ0n) is 15.6. The van der Waals surface area contributed by atoms with Gasteiger partial charge in [0, 0.05) is 32.5 Å². The van der Waals surface area contributed by atoms with Crippen LogP contribution in [0.4, 0.5) is 0 Å². The van der Waals surface area contributed by atoms with Crippen molar-refractivity contribution in [3.8, 4) is 0 Å². The zero-order valence-corrected chi connectivity index (χ0v) is 16.1. The Hall–Kier alpha value is -1.19. The van der Waals surface area contributed by atoms with E-state index in [1.54, 1.807) is 0 Å². The molecule has 1 aliphatic rings. The lowest BCUT2D eigenvalue weighted by molar-refractivity contribution is -0.140. The van der Waals surface area contributed by atoms with E-state index in [4.69, 9.17) is 48.0 Å². The van der Waals surface area contributed by atoms with E-state index in [1.807, 2.05) is 27.4 Å². The number of ether oxygens (including phenoxy) is 2. The van der Waals surface area contributed by atoms with Crippen LogP contribution in [0.15, 0.2) is 0 Å². The maximum absolute atomic E-state index is 10.2. The quantitative estimate of drug-likeness (QED) is 0.399. The van der Waals surface area contributed by atoms with E-state index in [9.17, 15) is 14.4 Å². The van der Waals surface area contributed by atoms with Crippen molar-refractivity contribution in [2.24, 2.45) is 5.73 Å². The minimum Gasteiger partial charge on any atom is -0.353 e. The molecule has 2 N–H and O–H groups in total. The molecular formula is C15H28Cl2NO7+. The number of carbonyl (C=O) groups is 5. The highest BCUT2D eigenvalue weighted by Gasteiger charge is 2.29. The molecule has 148 valence electrons. The van der Waals surface area contributed by atoms with Crippen LogP contribution in [-0.2, 0) is 33.4 Å². The summed E-state index contributed by atoms with van der Waals surface area (Å²) in [7, 11) is 0. The Balaban J connectivity index is -0.0000000824. The Kier molecular flexibility index (Phi) is 34.9. The van der Waals surface area contributed by atoms with Crippen LogP contribution >= 0.6 is 23.2 Å².